The smallest absolute Gasteiger partial charge is 0.249 e. The molecule has 1 aromatic rings. The molecular formula is C20H30N6O2. The van der Waals surface area contributed by atoms with Crippen LogP contribution in [0.4, 0.5) is 11.5 Å². The summed E-state index contributed by atoms with van der Waals surface area (Å²) in [6.07, 6.45) is 5.34. The van der Waals surface area contributed by atoms with E-state index in [-0.39, 0.29) is 11.8 Å². The molecular weight excluding hydrogens is 356 g/mol. The van der Waals surface area contributed by atoms with Gasteiger partial charge in [0.05, 0.1) is 11.9 Å². The zero-order chi connectivity index (χ0) is 19.3. The van der Waals surface area contributed by atoms with Crippen molar-refractivity contribution in [2.75, 3.05) is 56.0 Å². The first kappa shape index (κ1) is 19.1. The standard InChI is InChI=1S/C20H30N6O2/c27-19-4-2-17(20(28)24-19)23-18-3-1-16(13-22-18)26-11-9-25(10-12-26)14-15-5-7-21-8-6-15/h1,3,13,15,17,21H,2,4-12,14H2,(H,22,23)(H,24,27,28). The molecule has 28 heavy (non-hydrogen) atoms. The van der Waals surface area contributed by atoms with E-state index in [2.05, 4.69) is 36.8 Å². The predicted molar refractivity (Wildman–Crippen MR) is 108 cm³/mol. The number of hydrogen-bond donors (Lipinski definition) is 3. The number of carbonyl (C=O) groups is 2. The molecule has 3 aliphatic heterocycles. The molecule has 1 aromatic heterocycles. The van der Waals surface area contributed by atoms with Gasteiger partial charge in [0.2, 0.25) is 11.8 Å². The monoisotopic (exact) mass is 386 g/mol. The van der Waals surface area contributed by atoms with Crippen LogP contribution in [0.25, 0.3) is 0 Å². The molecule has 0 spiro atoms. The van der Waals surface area contributed by atoms with E-state index in [4.69, 9.17) is 0 Å². The van der Waals surface area contributed by atoms with Crippen LogP contribution in [0.1, 0.15) is 25.7 Å². The van der Waals surface area contributed by atoms with E-state index in [0.717, 1.165) is 50.9 Å². The van der Waals surface area contributed by atoms with Crippen LogP contribution in [-0.4, -0.2) is 73.6 Å². The second-order valence-corrected chi connectivity index (χ2v) is 8.03. The number of hydrogen-bond acceptors (Lipinski definition) is 7. The number of aromatic nitrogens is 1. The maximum absolute atomic E-state index is 11.9. The second kappa shape index (κ2) is 8.87. The quantitative estimate of drug-likeness (QED) is 0.632. The van der Waals surface area contributed by atoms with Crippen molar-refractivity contribution in [3.8, 4) is 0 Å². The number of amides is 2. The second-order valence-electron chi connectivity index (χ2n) is 8.03. The van der Waals surface area contributed by atoms with Crippen LogP contribution in [0.15, 0.2) is 18.3 Å². The van der Waals surface area contributed by atoms with Crippen molar-refractivity contribution in [3.63, 3.8) is 0 Å². The van der Waals surface area contributed by atoms with Crippen molar-refractivity contribution < 1.29 is 9.59 Å². The van der Waals surface area contributed by atoms with Crippen molar-refractivity contribution in [2.45, 2.75) is 31.7 Å². The minimum atomic E-state index is -0.394. The molecule has 0 saturated carbocycles. The average Bonchev–Trinajstić information content (AvgIpc) is 2.72. The Hall–Kier alpha value is -2.19. The summed E-state index contributed by atoms with van der Waals surface area (Å²) in [6, 6.07) is 3.58. The molecule has 0 aliphatic carbocycles. The van der Waals surface area contributed by atoms with Crippen LogP contribution in [-0.2, 0) is 9.59 Å². The van der Waals surface area contributed by atoms with Crippen LogP contribution in [0.2, 0.25) is 0 Å². The molecule has 2 amide bonds. The molecule has 3 fully saturated rings. The van der Waals surface area contributed by atoms with Gasteiger partial charge in [-0.1, -0.05) is 0 Å². The van der Waals surface area contributed by atoms with Crippen LogP contribution in [0, 0.1) is 5.92 Å². The molecule has 3 saturated heterocycles. The number of piperidine rings is 2. The third kappa shape index (κ3) is 4.80. The van der Waals surface area contributed by atoms with Crippen molar-refractivity contribution in [1.29, 1.82) is 0 Å². The van der Waals surface area contributed by atoms with E-state index in [1.807, 2.05) is 12.3 Å². The first-order valence-corrected chi connectivity index (χ1v) is 10.4. The molecule has 0 bridgehead atoms. The number of carbonyl (C=O) groups excluding carboxylic acids is 2. The number of piperazine rings is 1. The van der Waals surface area contributed by atoms with Gasteiger partial charge in [-0.25, -0.2) is 4.98 Å². The van der Waals surface area contributed by atoms with E-state index in [0.29, 0.717) is 18.7 Å². The Kier molecular flexibility index (Phi) is 6.07. The number of imide groups is 1. The van der Waals surface area contributed by atoms with E-state index in [1.54, 1.807) is 0 Å². The van der Waals surface area contributed by atoms with E-state index < -0.39 is 6.04 Å². The molecule has 0 aromatic carbocycles. The fourth-order valence-electron chi connectivity index (χ4n) is 4.29. The zero-order valence-corrected chi connectivity index (χ0v) is 16.3. The third-order valence-corrected chi connectivity index (χ3v) is 6.02. The maximum Gasteiger partial charge on any atom is 0.249 e. The number of pyridine rings is 1. The molecule has 3 aliphatic rings. The van der Waals surface area contributed by atoms with Crippen molar-refractivity contribution in [3.05, 3.63) is 18.3 Å². The lowest BCUT2D eigenvalue weighted by molar-refractivity contribution is -0.133. The largest absolute Gasteiger partial charge is 0.368 e. The minimum Gasteiger partial charge on any atom is -0.368 e. The van der Waals surface area contributed by atoms with Crippen LogP contribution < -0.4 is 20.9 Å². The Bertz CT molecular complexity index is 680. The van der Waals surface area contributed by atoms with Crippen LogP contribution >= 0.6 is 0 Å². The summed E-state index contributed by atoms with van der Waals surface area (Å²) in [4.78, 5) is 32.5. The summed E-state index contributed by atoms with van der Waals surface area (Å²) in [7, 11) is 0. The van der Waals surface area contributed by atoms with E-state index in [1.165, 1.54) is 19.4 Å². The topological polar surface area (TPSA) is 89.6 Å². The number of nitrogens with one attached hydrogen (secondary N) is 3. The van der Waals surface area contributed by atoms with Gasteiger partial charge < -0.3 is 15.5 Å². The number of nitrogens with zero attached hydrogens (tertiary/aromatic N) is 3. The molecule has 8 heteroatoms. The van der Waals surface area contributed by atoms with Crippen molar-refractivity contribution in [2.24, 2.45) is 5.92 Å². The molecule has 8 nitrogen and oxygen atoms in total. The highest BCUT2D eigenvalue weighted by Crippen LogP contribution is 2.20. The van der Waals surface area contributed by atoms with E-state index >= 15 is 0 Å². The average molecular weight is 387 g/mol. The molecule has 1 atom stereocenters. The molecule has 1 unspecified atom stereocenters. The lowest BCUT2D eigenvalue weighted by Gasteiger charge is -2.38. The van der Waals surface area contributed by atoms with Gasteiger partial charge in [0.1, 0.15) is 11.9 Å². The number of anilines is 2. The molecule has 152 valence electrons. The highest BCUT2D eigenvalue weighted by Gasteiger charge is 2.27. The Morgan fingerprint density at radius 2 is 1.86 bits per heavy atom. The van der Waals surface area contributed by atoms with Gasteiger partial charge in [-0.3, -0.25) is 19.8 Å². The maximum atomic E-state index is 11.9. The van der Waals surface area contributed by atoms with Gasteiger partial charge >= 0.3 is 0 Å². The van der Waals surface area contributed by atoms with Gasteiger partial charge in [-0.2, -0.15) is 0 Å². The van der Waals surface area contributed by atoms with Crippen molar-refractivity contribution in [1.82, 2.24) is 20.5 Å². The highest BCUT2D eigenvalue weighted by molar-refractivity contribution is 6.01. The minimum absolute atomic E-state index is 0.203. The lowest BCUT2D eigenvalue weighted by atomic mass is 9.97. The lowest BCUT2D eigenvalue weighted by Crippen LogP contribution is -2.48. The first-order chi connectivity index (χ1) is 13.7. The fraction of sp³-hybridized carbons (Fsp3) is 0.650. The molecule has 4 heterocycles. The third-order valence-electron chi connectivity index (χ3n) is 6.02. The van der Waals surface area contributed by atoms with Gasteiger partial charge in [0.25, 0.3) is 0 Å². The van der Waals surface area contributed by atoms with Gasteiger partial charge in [0, 0.05) is 39.1 Å². The predicted octanol–water partition coefficient (Wildman–Crippen LogP) is 0.420. The fourth-order valence-corrected chi connectivity index (χ4v) is 4.29. The summed E-state index contributed by atoms with van der Waals surface area (Å²) < 4.78 is 0. The summed E-state index contributed by atoms with van der Waals surface area (Å²) in [5, 5.41) is 8.93. The summed E-state index contributed by atoms with van der Waals surface area (Å²) in [5.41, 5.74) is 1.12. The normalized spacial score (nSPS) is 24.9. The Morgan fingerprint density at radius 1 is 1.07 bits per heavy atom. The molecule has 4 rings (SSSR count). The van der Waals surface area contributed by atoms with Crippen LogP contribution in [0.5, 0.6) is 0 Å². The van der Waals surface area contributed by atoms with Gasteiger partial charge in [0.15, 0.2) is 0 Å². The van der Waals surface area contributed by atoms with Crippen LogP contribution in [0.3, 0.4) is 0 Å². The summed E-state index contributed by atoms with van der Waals surface area (Å²) in [5.74, 6) is 1.03. The Labute approximate surface area is 166 Å². The molecule has 0 radical (unpaired) electrons. The van der Waals surface area contributed by atoms with Gasteiger partial charge in [-0.15, -0.1) is 0 Å². The zero-order valence-electron chi connectivity index (χ0n) is 16.3. The Balaban J connectivity index is 1.25. The van der Waals surface area contributed by atoms with Gasteiger partial charge in [-0.05, 0) is 50.4 Å². The number of rotatable bonds is 5. The summed E-state index contributed by atoms with van der Waals surface area (Å²) >= 11 is 0. The van der Waals surface area contributed by atoms with Crippen molar-refractivity contribution >= 4 is 23.3 Å². The van der Waals surface area contributed by atoms with E-state index in [9.17, 15) is 9.59 Å². The molecule has 3 N–H and O–H groups in total. The highest BCUT2D eigenvalue weighted by atomic mass is 16.2. The SMILES string of the molecule is O=C1CCC(Nc2ccc(N3CCN(CC4CCNCC4)CC3)cn2)C(=O)N1. The summed E-state index contributed by atoms with van der Waals surface area (Å²) in [6.45, 7) is 7.78. The Morgan fingerprint density at radius 3 is 2.54 bits per heavy atom. The first-order valence-electron chi connectivity index (χ1n) is 10.4.